The fourth-order valence-electron chi connectivity index (χ4n) is 4.55. The van der Waals surface area contributed by atoms with Gasteiger partial charge in [-0.25, -0.2) is 0 Å². The minimum absolute atomic E-state index is 0.0136. The Morgan fingerprint density at radius 1 is 1.14 bits per heavy atom. The van der Waals surface area contributed by atoms with Crippen molar-refractivity contribution < 1.29 is 13.9 Å². The third kappa shape index (κ3) is 5.00. The Morgan fingerprint density at radius 2 is 1.97 bits per heavy atom. The van der Waals surface area contributed by atoms with E-state index in [1.54, 1.807) is 18.2 Å². The molecule has 1 unspecified atom stereocenters. The second kappa shape index (κ2) is 10.6. The number of aromatic nitrogens is 2. The van der Waals surface area contributed by atoms with Gasteiger partial charge in [0.1, 0.15) is 16.3 Å². The predicted molar refractivity (Wildman–Crippen MR) is 146 cm³/mol. The summed E-state index contributed by atoms with van der Waals surface area (Å²) in [5.41, 5.74) is 1.02. The highest BCUT2D eigenvalue weighted by Gasteiger charge is 2.45. The number of hydrogen-bond donors (Lipinski definition) is 0. The molecule has 0 aliphatic carbocycles. The summed E-state index contributed by atoms with van der Waals surface area (Å²) in [7, 11) is 0. The number of rotatable bonds is 9. The van der Waals surface area contributed by atoms with E-state index in [9.17, 15) is 9.59 Å². The van der Waals surface area contributed by atoms with Crippen molar-refractivity contribution in [1.82, 2.24) is 10.2 Å². The van der Waals surface area contributed by atoms with Gasteiger partial charge in [0.05, 0.1) is 23.6 Å². The number of anilines is 1. The third-order valence-corrected chi connectivity index (χ3v) is 7.45. The topological polar surface area (TPSA) is 85.5 Å². The van der Waals surface area contributed by atoms with E-state index >= 15 is 0 Å². The summed E-state index contributed by atoms with van der Waals surface area (Å²) in [4.78, 5) is 29.1. The van der Waals surface area contributed by atoms with Crippen LogP contribution in [-0.4, -0.2) is 22.7 Å². The largest absolute Gasteiger partial charge is 0.494 e. The van der Waals surface area contributed by atoms with Crippen molar-refractivity contribution in [2.45, 2.75) is 52.5 Å². The van der Waals surface area contributed by atoms with Crippen molar-refractivity contribution >= 4 is 44.9 Å². The first-order valence-electron chi connectivity index (χ1n) is 12.5. The lowest BCUT2D eigenvalue weighted by Crippen LogP contribution is -2.29. The van der Waals surface area contributed by atoms with Crippen LogP contribution in [0.2, 0.25) is 5.02 Å². The number of amides is 1. The Balaban J connectivity index is 1.64. The van der Waals surface area contributed by atoms with Crippen LogP contribution in [0.3, 0.4) is 0 Å². The zero-order valence-corrected chi connectivity index (χ0v) is 22.6. The molecular formula is C28H28ClN3O4S. The summed E-state index contributed by atoms with van der Waals surface area (Å²) in [6.07, 6.45) is 3.90. The lowest BCUT2D eigenvalue weighted by atomic mass is 9.98. The van der Waals surface area contributed by atoms with Crippen molar-refractivity contribution in [2.24, 2.45) is 5.92 Å². The molecule has 1 amide bonds. The fourth-order valence-corrected chi connectivity index (χ4v) is 5.80. The van der Waals surface area contributed by atoms with Crippen LogP contribution in [0.1, 0.15) is 72.8 Å². The molecule has 9 heteroatoms. The van der Waals surface area contributed by atoms with Crippen LogP contribution in [0.5, 0.6) is 5.75 Å². The van der Waals surface area contributed by atoms with Gasteiger partial charge in [-0.1, -0.05) is 68.7 Å². The van der Waals surface area contributed by atoms with Crippen LogP contribution in [0.4, 0.5) is 5.13 Å². The minimum Gasteiger partial charge on any atom is -0.494 e. The molecule has 4 aromatic rings. The molecule has 0 saturated carbocycles. The van der Waals surface area contributed by atoms with Gasteiger partial charge in [-0.05, 0) is 48.2 Å². The van der Waals surface area contributed by atoms with Gasteiger partial charge in [0.15, 0.2) is 5.43 Å². The lowest BCUT2D eigenvalue weighted by molar-refractivity contribution is 0.0970. The van der Waals surface area contributed by atoms with E-state index in [0.29, 0.717) is 39.4 Å². The molecule has 0 spiro atoms. The molecule has 0 fully saturated rings. The van der Waals surface area contributed by atoms with Crippen LogP contribution in [0.15, 0.2) is 51.7 Å². The molecule has 3 heterocycles. The summed E-state index contributed by atoms with van der Waals surface area (Å²) in [5.74, 6) is 0.665. The van der Waals surface area contributed by atoms with Crippen LogP contribution in [0, 0.1) is 5.92 Å². The molecule has 37 heavy (non-hydrogen) atoms. The Labute approximate surface area is 224 Å². The number of benzene rings is 2. The smallest absolute Gasteiger partial charge is 0.297 e. The average molecular weight is 538 g/mol. The van der Waals surface area contributed by atoms with Crippen LogP contribution < -0.4 is 15.1 Å². The lowest BCUT2D eigenvalue weighted by Gasteiger charge is -2.22. The molecule has 5 rings (SSSR count). The van der Waals surface area contributed by atoms with E-state index < -0.39 is 11.9 Å². The van der Waals surface area contributed by atoms with Crippen LogP contribution in [0.25, 0.3) is 11.0 Å². The van der Waals surface area contributed by atoms with E-state index in [0.717, 1.165) is 36.3 Å². The Hall–Kier alpha value is -3.23. The SMILES string of the molecule is CCCCCOc1cccc(C2c3c(oc4ccc(Cl)cc4c3=O)C(=O)N2c2nnc(CC(C)C)s2)c1. The molecule has 0 bridgehead atoms. The quantitative estimate of drug-likeness (QED) is 0.218. The molecule has 1 aliphatic heterocycles. The van der Waals surface area contributed by atoms with Gasteiger partial charge in [0, 0.05) is 11.4 Å². The van der Waals surface area contributed by atoms with Gasteiger partial charge in [-0.15, -0.1) is 10.2 Å². The van der Waals surface area contributed by atoms with Gasteiger partial charge in [-0.2, -0.15) is 0 Å². The zero-order chi connectivity index (χ0) is 26.1. The highest BCUT2D eigenvalue weighted by molar-refractivity contribution is 7.15. The summed E-state index contributed by atoms with van der Waals surface area (Å²) >= 11 is 7.55. The number of fused-ring (bicyclic) bond motifs is 2. The molecule has 2 aromatic carbocycles. The second-order valence-corrected chi connectivity index (χ2v) is 11.1. The number of carbonyl (C=O) groups is 1. The maximum atomic E-state index is 13.8. The van der Waals surface area contributed by atoms with E-state index in [1.165, 1.54) is 16.2 Å². The fraction of sp³-hybridized carbons (Fsp3) is 0.357. The normalized spacial score (nSPS) is 15.1. The van der Waals surface area contributed by atoms with Crippen molar-refractivity contribution in [1.29, 1.82) is 0 Å². The number of nitrogens with zero attached hydrogens (tertiary/aromatic N) is 3. The van der Waals surface area contributed by atoms with E-state index in [-0.39, 0.29) is 16.8 Å². The van der Waals surface area contributed by atoms with Crippen LogP contribution >= 0.6 is 22.9 Å². The number of hydrogen-bond acceptors (Lipinski definition) is 7. The molecular weight excluding hydrogens is 510 g/mol. The maximum absolute atomic E-state index is 13.8. The Kier molecular flexibility index (Phi) is 7.31. The van der Waals surface area contributed by atoms with Gasteiger partial charge < -0.3 is 9.15 Å². The molecule has 7 nitrogen and oxygen atoms in total. The molecule has 2 aromatic heterocycles. The molecule has 1 atom stereocenters. The molecule has 0 radical (unpaired) electrons. The summed E-state index contributed by atoms with van der Waals surface area (Å²) in [6, 6.07) is 11.6. The summed E-state index contributed by atoms with van der Waals surface area (Å²) in [6.45, 7) is 6.95. The van der Waals surface area contributed by atoms with Gasteiger partial charge in [-0.3, -0.25) is 14.5 Å². The minimum atomic E-state index is -0.735. The molecule has 192 valence electrons. The Bertz CT molecular complexity index is 1510. The van der Waals surface area contributed by atoms with Crippen LogP contribution in [-0.2, 0) is 6.42 Å². The first kappa shape index (κ1) is 25.4. The number of unbranched alkanes of at least 4 members (excludes halogenated alkanes) is 2. The highest BCUT2D eigenvalue weighted by atomic mass is 35.5. The van der Waals surface area contributed by atoms with Crippen molar-refractivity contribution in [3.05, 3.63) is 79.6 Å². The standard InChI is InChI=1S/C28H28ClN3O4S/c1-4-5-6-12-35-19-9-7-8-17(14-19)24-23-25(33)20-15-18(29)10-11-21(20)36-26(23)27(34)32(24)28-31-30-22(37-28)13-16(2)3/h7-11,14-16,24H,4-6,12-13H2,1-3H3. The molecule has 0 N–H and O–H groups in total. The molecule has 1 aliphatic rings. The van der Waals surface area contributed by atoms with Crippen molar-refractivity contribution in [3.63, 3.8) is 0 Å². The average Bonchev–Trinajstić information content (AvgIpc) is 3.44. The number of ether oxygens (including phenoxy) is 1. The highest BCUT2D eigenvalue weighted by Crippen LogP contribution is 2.43. The monoisotopic (exact) mass is 537 g/mol. The first-order valence-corrected chi connectivity index (χ1v) is 13.7. The summed E-state index contributed by atoms with van der Waals surface area (Å²) < 4.78 is 12.0. The van der Waals surface area contributed by atoms with Crippen molar-refractivity contribution in [3.8, 4) is 5.75 Å². The number of carbonyl (C=O) groups excluding carboxylic acids is 1. The first-order chi connectivity index (χ1) is 17.9. The van der Waals surface area contributed by atoms with E-state index in [1.807, 2.05) is 24.3 Å². The third-order valence-electron chi connectivity index (χ3n) is 6.27. The second-order valence-electron chi connectivity index (χ2n) is 9.60. The van der Waals surface area contributed by atoms with Crippen molar-refractivity contribution in [2.75, 3.05) is 11.5 Å². The molecule has 0 saturated heterocycles. The van der Waals surface area contributed by atoms with Gasteiger partial charge >= 0.3 is 0 Å². The predicted octanol–water partition coefficient (Wildman–Crippen LogP) is 6.82. The zero-order valence-electron chi connectivity index (χ0n) is 21.0. The summed E-state index contributed by atoms with van der Waals surface area (Å²) in [5, 5.41) is 10.7. The van der Waals surface area contributed by atoms with E-state index in [4.69, 9.17) is 20.8 Å². The van der Waals surface area contributed by atoms with Gasteiger partial charge in [0.2, 0.25) is 10.9 Å². The Morgan fingerprint density at radius 3 is 2.76 bits per heavy atom. The number of halogens is 1. The maximum Gasteiger partial charge on any atom is 0.297 e. The van der Waals surface area contributed by atoms with Gasteiger partial charge in [0.25, 0.3) is 5.91 Å². The van der Waals surface area contributed by atoms with E-state index in [2.05, 4.69) is 31.0 Å².